The smallest absolute Gasteiger partial charge is 0.241 e. The lowest BCUT2D eigenvalue weighted by Crippen LogP contribution is -2.52. The van der Waals surface area contributed by atoms with Crippen LogP contribution in [0.15, 0.2) is 59.5 Å². The molecule has 1 fully saturated rings. The molecule has 1 unspecified atom stereocenters. The molecule has 0 saturated carbocycles. The third-order valence-corrected chi connectivity index (χ3v) is 6.82. The lowest BCUT2D eigenvalue weighted by molar-refractivity contribution is -0.123. The summed E-state index contributed by atoms with van der Waals surface area (Å²) >= 11 is 5.86. The summed E-state index contributed by atoms with van der Waals surface area (Å²) < 4.78 is 28.3. The summed E-state index contributed by atoms with van der Waals surface area (Å²) in [7, 11) is -1.82. The van der Waals surface area contributed by atoms with Crippen molar-refractivity contribution in [3.63, 3.8) is 0 Å². The number of piperidine rings is 1. The number of nitrogens with zero attached hydrogens (tertiary/aromatic N) is 1. The first-order valence-corrected chi connectivity index (χ1v) is 11.5. The highest BCUT2D eigenvalue weighted by Gasteiger charge is 2.28. The average Bonchev–Trinajstić information content (AvgIpc) is 2.70. The molecule has 8 heteroatoms. The van der Waals surface area contributed by atoms with Gasteiger partial charge in [-0.25, -0.2) is 8.42 Å². The zero-order chi connectivity index (χ0) is 20.9. The van der Waals surface area contributed by atoms with Crippen molar-refractivity contribution in [2.24, 2.45) is 0 Å². The van der Waals surface area contributed by atoms with E-state index in [1.54, 1.807) is 0 Å². The van der Waals surface area contributed by atoms with Crippen LogP contribution < -0.4 is 10.0 Å². The Hall–Kier alpha value is -1.93. The summed E-state index contributed by atoms with van der Waals surface area (Å²) in [6.07, 6.45) is 1.97. The summed E-state index contributed by atoms with van der Waals surface area (Å²) in [5, 5.41) is 3.48. The number of hydrogen-bond acceptors (Lipinski definition) is 4. The van der Waals surface area contributed by atoms with Crippen LogP contribution >= 0.6 is 11.6 Å². The van der Waals surface area contributed by atoms with Gasteiger partial charge in [0, 0.05) is 11.1 Å². The number of likely N-dealkylation sites (tertiary alicyclic amines) is 1. The lowest BCUT2D eigenvalue weighted by atomic mass is 10.0. The van der Waals surface area contributed by atoms with Crippen molar-refractivity contribution in [2.45, 2.75) is 36.2 Å². The molecule has 0 spiro atoms. The van der Waals surface area contributed by atoms with Crippen molar-refractivity contribution in [3.8, 4) is 0 Å². The van der Waals surface area contributed by atoms with Gasteiger partial charge in [-0.15, -0.1) is 0 Å². The molecule has 1 aliphatic heterocycles. The van der Waals surface area contributed by atoms with E-state index in [9.17, 15) is 13.2 Å². The Labute approximate surface area is 177 Å². The van der Waals surface area contributed by atoms with Crippen LogP contribution in [0.25, 0.3) is 0 Å². The van der Waals surface area contributed by atoms with Gasteiger partial charge >= 0.3 is 0 Å². The molecular weight excluding hydrogens is 410 g/mol. The van der Waals surface area contributed by atoms with E-state index < -0.39 is 16.1 Å². The second-order valence-electron chi connectivity index (χ2n) is 7.40. The Bertz CT molecular complexity index is 912. The van der Waals surface area contributed by atoms with Crippen molar-refractivity contribution in [2.75, 3.05) is 20.1 Å². The molecule has 1 atom stereocenters. The van der Waals surface area contributed by atoms with E-state index in [1.165, 1.54) is 24.3 Å². The van der Waals surface area contributed by atoms with E-state index in [0.717, 1.165) is 31.5 Å². The first-order chi connectivity index (χ1) is 13.8. The minimum Gasteiger partial charge on any atom is -0.352 e. The molecule has 1 aliphatic rings. The molecule has 1 amide bonds. The molecule has 1 heterocycles. The van der Waals surface area contributed by atoms with Crippen LogP contribution in [0.3, 0.4) is 0 Å². The minimum atomic E-state index is -3.87. The fraction of sp³-hybridized carbons (Fsp3) is 0.381. The largest absolute Gasteiger partial charge is 0.352 e. The third kappa shape index (κ3) is 6.27. The van der Waals surface area contributed by atoms with Crippen LogP contribution in [-0.4, -0.2) is 51.4 Å². The SMILES string of the molecule is CN1CCC(NC(=O)C(Cc2ccccc2)NS(=O)(=O)c2ccc(Cl)cc2)CC1. The number of sulfonamides is 1. The Morgan fingerprint density at radius 2 is 1.72 bits per heavy atom. The molecule has 2 aromatic carbocycles. The maximum atomic E-state index is 13.0. The molecule has 0 aliphatic carbocycles. The standard InChI is InChI=1S/C21H26ClN3O3S/c1-25-13-11-18(12-14-25)23-21(26)20(15-16-5-3-2-4-6-16)24-29(27,28)19-9-7-17(22)8-10-19/h2-10,18,20,24H,11-15H2,1H3,(H,23,26). The van der Waals surface area contributed by atoms with Gasteiger partial charge < -0.3 is 10.2 Å². The second-order valence-corrected chi connectivity index (χ2v) is 9.55. The summed E-state index contributed by atoms with van der Waals surface area (Å²) in [6, 6.07) is 14.4. The molecule has 156 valence electrons. The van der Waals surface area contributed by atoms with E-state index in [-0.39, 0.29) is 23.3 Å². The Kier molecular flexibility index (Phi) is 7.29. The predicted molar refractivity (Wildman–Crippen MR) is 114 cm³/mol. The zero-order valence-electron chi connectivity index (χ0n) is 16.3. The van der Waals surface area contributed by atoms with Gasteiger partial charge in [0.2, 0.25) is 15.9 Å². The van der Waals surface area contributed by atoms with Gasteiger partial charge in [-0.05, 0) is 69.2 Å². The van der Waals surface area contributed by atoms with Gasteiger partial charge in [0.15, 0.2) is 0 Å². The van der Waals surface area contributed by atoms with Crippen molar-refractivity contribution >= 4 is 27.5 Å². The number of nitrogens with one attached hydrogen (secondary N) is 2. The maximum Gasteiger partial charge on any atom is 0.241 e. The monoisotopic (exact) mass is 435 g/mol. The first-order valence-electron chi connectivity index (χ1n) is 9.64. The quantitative estimate of drug-likeness (QED) is 0.700. The Morgan fingerprint density at radius 3 is 2.34 bits per heavy atom. The number of benzene rings is 2. The number of halogens is 1. The normalized spacial score (nSPS) is 17.0. The van der Waals surface area contributed by atoms with Crippen LogP contribution in [0.5, 0.6) is 0 Å². The summed E-state index contributed by atoms with van der Waals surface area (Å²) in [4.78, 5) is 15.3. The Morgan fingerprint density at radius 1 is 1.10 bits per heavy atom. The van der Waals surface area contributed by atoms with Gasteiger partial charge in [0.1, 0.15) is 6.04 Å². The van der Waals surface area contributed by atoms with E-state index in [0.29, 0.717) is 5.02 Å². The van der Waals surface area contributed by atoms with Crippen LogP contribution in [0, 0.1) is 0 Å². The molecule has 0 bridgehead atoms. The summed E-state index contributed by atoms with van der Waals surface area (Å²) in [5.41, 5.74) is 0.884. The number of carbonyl (C=O) groups excluding carboxylic acids is 1. The average molecular weight is 436 g/mol. The van der Waals surface area contributed by atoms with Gasteiger partial charge in [-0.3, -0.25) is 4.79 Å². The summed E-state index contributed by atoms with van der Waals surface area (Å²) in [5.74, 6) is -0.305. The van der Waals surface area contributed by atoms with Crippen molar-refractivity contribution in [3.05, 3.63) is 65.2 Å². The number of amides is 1. The third-order valence-electron chi connectivity index (χ3n) is 5.09. The fourth-order valence-electron chi connectivity index (χ4n) is 3.36. The fourth-order valence-corrected chi connectivity index (χ4v) is 4.68. The van der Waals surface area contributed by atoms with E-state index >= 15 is 0 Å². The van der Waals surface area contributed by atoms with Crippen LogP contribution in [0.2, 0.25) is 5.02 Å². The molecule has 2 N–H and O–H groups in total. The number of hydrogen-bond donors (Lipinski definition) is 2. The van der Waals surface area contributed by atoms with Crippen molar-refractivity contribution in [1.82, 2.24) is 14.9 Å². The van der Waals surface area contributed by atoms with E-state index in [1.807, 2.05) is 30.3 Å². The zero-order valence-corrected chi connectivity index (χ0v) is 17.9. The minimum absolute atomic E-state index is 0.0528. The van der Waals surface area contributed by atoms with Crippen LogP contribution in [0.1, 0.15) is 18.4 Å². The maximum absolute atomic E-state index is 13.0. The van der Waals surface area contributed by atoms with Crippen molar-refractivity contribution in [1.29, 1.82) is 0 Å². The molecule has 29 heavy (non-hydrogen) atoms. The highest BCUT2D eigenvalue weighted by atomic mass is 35.5. The molecule has 0 aromatic heterocycles. The molecule has 3 rings (SSSR count). The highest BCUT2D eigenvalue weighted by Crippen LogP contribution is 2.16. The van der Waals surface area contributed by atoms with Gasteiger partial charge in [0.25, 0.3) is 0 Å². The molecule has 1 saturated heterocycles. The van der Waals surface area contributed by atoms with Crippen LogP contribution in [-0.2, 0) is 21.2 Å². The van der Waals surface area contributed by atoms with Crippen LogP contribution in [0.4, 0.5) is 0 Å². The molecule has 6 nitrogen and oxygen atoms in total. The topological polar surface area (TPSA) is 78.5 Å². The van der Waals surface area contributed by atoms with Gasteiger partial charge in [-0.1, -0.05) is 41.9 Å². The molecular formula is C21H26ClN3O3S. The summed E-state index contributed by atoms with van der Waals surface area (Å²) in [6.45, 7) is 1.82. The molecule has 0 radical (unpaired) electrons. The van der Waals surface area contributed by atoms with Crippen molar-refractivity contribution < 1.29 is 13.2 Å². The highest BCUT2D eigenvalue weighted by molar-refractivity contribution is 7.89. The lowest BCUT2D eigenvalue weighted by Gasteiger charge is -2.30. The number of carbonyl (C=O) groups is 1. The van der Waals surface area contributed by atoms with E-state index in [4.69, 9.17) is 11.6 Å². The second kappa shape index (κ2) is 9.71. The predicted octanol–water partition coefficient (Wildman–Crippen LogP) is 2.44. The molecule has 2 aromatic rings. The van der Waals surface area contributed by atoms with E-state index in [2.05, 4.69) is 22.0 Å². The van der Waals surface area contributed by atoms with Gasteiger partial charge in [-0.2, -0.15) is 4.72 Å². The number of rotatable bonds is 7. The first kappa shape index (κ1) is 21.8. The van der Waals surface area contributed by atoms with Gasteiger partial charge in [0.05, 0.1) is 4.90 Å². The Balaban J connectivity index is 1.76.